The predicted molar refractivity (Wildman–Crippen MR) is 106 cm³/mol. The zero-order chi connectivity index (χ0) is 19.6. The average Bonchev–Trinajstić information content (AvgIpc) is 2.55. The first-order valence-corrected chi connectivity index (χ1v) is 10.3. The number of amides is 1. The van der Waals surface area contributed by atoms with Gasteiger partial charge in [0, 0.05) is 12.6 Å². The smallest absolute Gasteiger partial charge is 0.251 e. The Morgan fingerprint density at radius 2 is 1.65 bits per heavy atom. The lowest BCUT2D eigenvalue weighted by molar-refractivity contribution is 0.0940. The Balaban J connectivity index is 2.29. The predicted octanol–water partition coefficient (Wildman–Crippen LogP) is 3.50. The van der Waals surface area contributed by atoms with E-state index in [0.29, 0.717) is 11.3 Å². The summed E-state index contributed by atoms with van der Waals surface area (Å²) in [6.45, 7) is 7.79. The molecule has 0 radical (unpaired) electrons. The number of anilines is 1. The summed E-state index contributed by atoms with van der Waals surface area (Å²) in [7, 11) is -1.91. The van der Waals surface area contributed by atoms with Gasteiger partial charge >= 0.3 is 0 Å². The van der Waals surface area contributed by atoms with E-state index in [1.807, 2.05) is 39.8 Å². The molecule has 1 atom stereocenters. The third-order valence-electron chi connectivity index (χ3n) is 4.56. The Bertz CT molecular complexity index is 936. The van der Waals surface area contributed by atoms with Crippen molar-refractivity contribution in [1.29, 1.82) is 0 Å². The van der Waals surface area contributed by atoms with E-state index in [-0.39, 0.29) is 11.9 Å². The number of benzene rings is 2. The van der Waals surface area contributed by atoms with E-state index < -0.39 is 10.0 Å². The Labute approximate surface area is 156 Å². The molecule has 5 nitrogen and oxygen atoms in total. The molecule has 0 aliphatic carbocycles. The Morgan fingerprint density at radius 1 is 1.04 bits per heavy atom. The molecule has 0 unspecified atom stereocenters. The van der Waals surface area contributed by atoms with E-state index in [4.69, 9.17) is 0 Å². The highest BCUT2D eigenvalue weighted by Crippen LogP contribution is 2.24. The van der Waals surface area contributed by atoms with Gasteiger partial charge in [0.2, 0.25) is 10.0 Å². The first kappa shape index (κ1) is 20.0. The number of nitrogens with zero attached hydrogens (tertiary/aromatic N) is 1. The van der Waals surface area contributed by atoms with Gasteiger partial charge in [-0.1, -0.05) is 29.8 Å². The standard InChI is InChI=1S/C20H26N2O3S/c1-13-7-8-14(2)18(11-13)16(4)21-20(23)17-10-9-15(3)19(12-17)22(5)26(6,24)25/h7-12,16H,1-6H3,(H,21,23)/t16-/m1/s1. The monoisotopic (exact) mass is 374 g/mol. The van der Waals surface area contributed by atoms with Crippen LogP contribution in [0.15, 0.2) is 36.4 Å². The van der Waals surface area contributed by atoms with Gasteiger partial charge in [0.25, 0.3) is 5.91 Å². The number of nitrogens with one attached hydrogen (secondary N) is 1. The molecule has 2 aromatic rings. The molecule has 26 heavy (non-hydrogen) atoms. The summed E-state index contributed by atoms with van der Waals surface area (Å²) in [6.07, 6.45) is 1.14. The van der Waals surface area contributed by atoms with Crippen LogP contribution in [0.25, 0.3) is 0 Å². The van der Waals surface area contributed by atoms with Crippen molar-refractivity contribution in [2.24, 2.45) is 0 Å². The number of hydrogen-bond acceptors (Lipinski definition) is 3. The second-order valence-corrected chi connectivity index (χ2v) is 8.80. The van der Waals surface area contributed by atoms with E-state index in [1.54, 1.807) is 18.2 Å². The highest BCUT2D eigenvalue weighted by atomic mass is 32.2. The highest BCUT2D eigenvalue weighted by molar-refractivity contribution is 7.92. The van der Waals surface area contributed by atoms with Crippen molar-refractivity contribution in [1.82, 2.24) is 5.32 Å². The van der Waals surface area contributed by atoms with Crippen LogP contribution < -0.4 is 9.62 Å². The lowest BCUT2D eigenvalue weighted by Crippen LogP contribution is -2.29. The minimum absolute atomic E-state index is 0.153. The number of hydrogen-bond donors (Lipinski definition) is 1. The fourth-order valence-corrected chi connectivity index (χ4v) is 3.41. The van der Waals surface area contributed by atoms with Crippen molar-refractivity contribution in [3.63, 3.8) is 0 Å². The van der Waals surface area contributed by atoms with Gasteiger partial charge in [-0.05, 0) is 56.5 Å². The fraction of sp³-hybridized carbons (Fsp3) is 0.350. The lowest BCUT2D eigenvalue weighted by atomic mass is 9.99. The van der Waals surface area contributed by atoms with Crippen molar-refractivity contribution in [2.45, 2.75) is 33.7 Å². The van der Waals surface area contributed by atoms with Crippen molar-refractivity contribution >= 4 is 21.6 Å². The van der Waals surface area contributed by atoms with Crippen molar-refractivity contribution in [3.05, 3.63) is 64.2 Å². The molecular formula is C20H26N2O3S. The quantitative estimate of drug-likeness (QED) is 0.871. The maximum Gasteiger partial charge on any atom is 0.251 e. The molecule has 2 aromatic carbocycles. The Kier molecular flexibility index (Phi) is 5.76. The van der Waals surface area contributed by atoms with E-state index in [2.05, 4.69) is 11.4 Å². The highest BCUT2D eigenvalue weighted by Gasteiger charge is 2.18. The van der Waals surface area contributed by atoms with Crippen molar-refractivity contribution in [3.8, 4) is 0 Å². The van der Waals surface area contributed by atoms with Gasteiger partial charge in [0.15, 0.2) is 0 Å². The molecule has 1 N–H and O–H groups in total. The van der Waals surface area contributed by atoms with Crippen LogP contribution in [-0.2, 0) is 10.0 Å². The number of aryl methyl sites for hydroxylation is 3. The van der Waals surface area contributed by atoms with Crippen LogP contribution in [0.5, 0.6) is 0 Å². The topological polar surface area (TPSA) is 66.5 Å². The molecule has 0 aliphatic rings. The average molecular weight is 375 g/mol. The van der Waals surface area contributed by atoms with E-state index in [0.717, 1.165) is 28.5 Å². The molecule has 0 bridgehead atoms. The molecule has 0 aliphatic heterocycles. The molecule has 2 rings (SSSR count). The largest absolute Gasteiger partial charge is 0.346 e. The maximum absolute atomic E-state index is 12.7. The number of sulfonamides is 1. The zero-order valence-electron chi connectivity index (χ0n) is 16.1. The Hall–Kier alpha value is -2.34. The summed E-state index contributed by atoms with van der Waals surface area (Å²) in [5.74, 6) is -0.235. The molecule has 0 saturated carbocycles. The molecule has 0 saturated heterocycles. The molecule has 0 aromatic heterocycles. The van der Waals surface area contributed by atoms with Gasteiger partial charge in [-0.25, -0.2) is 8.42 Å². The summed E-state index contributed by atoms with van der Waals surface area (Å²) in [4.78, 5) is 12.7. The fourth-order valence-electron chi connectivity index (χ4n) is 2.85. The van der Waals surface area contributed by atoms with Crippen LogP contribution in [0, 0.1) is 20.8 Å². The normalized spacial score (nSPS) is 12.5. The summed E-state index contributed by atoms with van der Waals surface area (Å²) >= 11 is 0. The second kappa shape index (κ2) is 7.50. The van der Waals surface area contributed by atoms with Crippen LogP contribution in [0.1, 0.15) is 45.6 Å². The van der Waals surface area contributed by atoms with Crippen molar-refractivity contribution < 1.29 is 13.2 Å². The summed E-state index contributed by atoms with van der Waals surface area (Å²) in [5.41, 5.74) is 5.04. The molecule has 6 heteroatoms. The summed E-state index contributed by atoms with van der Waals surface area (Å²) < 4.78 is 24.8. The summed E-state index contributed by atoms with van der Waals surface area (Å²) in [5, 5.41) is 3.00. The molecule has 0 spiro atoms. The molecular weight excluding hydrogens is 348 g/mol. The van der Waals surface area contributed by atoms with Crippen LogP contribution in [0.3, 0.4) is 0 Å². The molecule has 1 amide bonds. The molecule has 0 heterocycles. The van der Waals surface area contributed by atoms with Gasteiger partial charge in [0.05, 0.1) is 18.0 Å². The molecule has 0 fully saturated rings. The van der Waals surface area contributed by atoms with Crippen LogP contribution in [0.4, 0.5) is 5.69 Å². The van der Waals surface area contributed by atoms with Gasteiger partial charge < -0.3 is 5.32 Å². The number of rotatable bonds is 5. The zero-order valence-corrected chi connectivity index (χ0v) is 16.9. The Morgan fingerprint density at radius 3 is 2.27 bits per heavy atom. The SMILES string of the molecule is Cc1ccc(C)c([C@@H](C)NC(=O)c2ccc(C)c(N(C)S(C)(=O)=O)c2)c1. The van der Waals surface area contributed by atoms with Gasteiger partial charge in [0.1, 0.15) is 0 Å². The lowest BCUT2D eigenvalue weighted by Gasteiger charge is -2.21. The molecule has 140 valence electrons. The third kappa shape index (κ3) is 4.43. The third-order valence-corrected chi connectivity index (χ3v) is 5.75. The van der Waals surface area contributed by atoms with E-state index in [9.17, 15) is 13.2 Å². The number of carbonyl (C=O) groups is 1. The first-order valence-electron chi connectivity index (χ1n) is 8.43. The maximum atomic E-state index is 12.7. The second-order valence-electron chi connectivity index (χ2n) is 6.79. The van der Waals surface area contributed by atoms with E-state index >= 15 is 0 Å². The first-order chi connectivity index (χ1) is 12.0. The van der Waals surface area contributed by atoms with Gasteiger partial charge in [-0.2, -0.15) is 0 Å². The number of carbonyl (C=O) groups excluding carboxylic acids is 1. The van der Waals surface area contributed by atoms with Gasteiger partial charge in [-0.3, -0.25) is 9.10 Å². The summed E-state index contributed by atoms with van der Waals surface area (Å²) in [6, 6.07) is 11.1. The van der Waals surface area contributed by atoms with Crippen LogP contribution in [0.2, 0.25) is 0 Å². The van der Waals surface area contributed by atoms with Crippen LogP contribution in [-0.4, -0.2) is 27.6 Å². The minimum Gasteiger partial charge on any atom is -0.346 e. The van der Waals surface area contributed by atoms with Gasteiger partial charge in [-0.15, -0.1) is 0 Å². The van der Waals surface area contributed by atoms with E-state index in [1.165, 1.54) is 11.4 Å². The van der Waals surface area contributed by atoms with Crippen LogP contribution >= 0.6 is 0 Å². The van der Waals surface area contributed by atoms with Crippen molar-refractivity contribution in [2.75, 3.05) is 17.6 Å². The minimum atomic E-state index is -3.40.